The molecule has 0 bridgehead atoms. The zero-order chi connectivity index (χ0) is 45.1. The molecule has 0 atom stereocenters. The number of aryl methyl sites for hydroxylation is 2. The Labute approximate surface area is 388 Å². The van der Waals surface area contributed by atoms with Crippen molar-refractivity contribution in [2.24, 2.45) is 0 Å². The first-order valence-electron chi connectivity index (χ1n) is 21.2. The van der Waals surface area contributed by atoms with Crippen molar-refractivity contribution in [1.29, 1.82) is 0 Å². The topological polar surface area (TPSA) is 109 Å². The van der Waals surface area contributed by atoms with E-state index >= 15 is 0 Å². The molecule has 6 aromatic carbocycles. The fourth-order valence-corrected chi connectivity index (χ4v) is 7.52. The number of para-hydroxylation sites is 6. The van der Waals surface area contributed by atoms with Gasteiger partial charge in [0.25, 0.3) is 0 Å². The molecule has 3 heterocycles. The predicted octanol–water partition coefficient (Wildman–Crippen LogP) is 12.5. The lowest BCUT2D eigenvalue weighted by Gasteiger charge is -2.32. The number of carbonyl (C=O) groups excluding carboxylic acids is 1. The fraction of sp³-hybridized carbons (Fsp3) is 0.235. The first-order chi connectivity index (χ1) is 30.3. The highest BCUT2D eigenvalue weighted by atomic mass is 79.9. The second kappa shape index (κ2) is 21.2. The van der Waals surface area contributed by atoms with Crippen LogP contribution in [0.15, 0.2) is 155 Å². The summed E-state index contributed by atoms with van der Waals surface area (Å²) in [5.41, 5.74) is 15.2. The molecule has 0 unspecified atom stereocenters. The van der Waals surface area contributed by atoms with E-state index in [1.807, 2.05) is 55.5 Å². The van der Waals surface area contributed by atoms with Crippen LogP contribution in [0.4, 0.5) is 11.4 Å². The van der Waals surface area contributed by atoms with Gasteiger partial charge in [-0.2, -0.15) is 0 Å². The van der Waals surface area contributed by atoms with Crippen LogP contribution in [0.3, 0.4) is 0 Å². The summed E-state index contributed by atoms with van der Waals surface area (Å²) in [6.07, 6.45) is 0.826. The molecule has 63 heavy (non-hydrogen) atoms. The molecule has 0 spiro atoms. The maximum Gasteiger partial charge on any atom is 0.494 e. The third kappa shape index (κ3) is 11.4. The van der Waals surface area contributed by atoms with Gasteiger partial charge in [0.15, 0.2) is 0 Å². The van der Waals surface area contributed by atoms with E-state index in [1.54, 1.807) is 12.1 Å². The number of rotatable bonds is 8. The van der Waals surface area contributed by atoms with Crippen LogP contribution >= 0.6 is 31.9 Å². The van der Waals surface area contributed by atoms with Crippen LogP contribution in [0.2, 0.25) is 0 Å². The van der Waals surface area contributed by atoms with Gasteiger partial charge in [-0.25, -0.2) is 9.97 Å². The first-order valence-corrected chi connectivity index (χ1v) is 22.8. The van der Waals surface area contributed by atoms with E-state index in [9.17, 15) is 4.79 Å². The van der Waals surface area contributed by atoms with Gasteiger partial charge in [-0.3, -0.25) is 4.79 Å². The minimum Gasteiger partial charge on any atom is -0.399 e. The van der Waals surface area contributed by atoms with E-state index in [4.69, 9.17) is 25.0 Å². The van der Waals surface area contributed by atoms with Gasteiger partial charge in [-0.05, 0) is 115 Å². The molecule has 0 amide bonds. The molecule has 3 N–H and O–H groups in total. The van der Waals surface area contributed by atoms with Crippen LogP contribution in [0, 0.1) is 0 Å². The molecular weight excluding hydrogens is 915 g/mol. The van der Waals surface area contributed by atoms with Gasteiger partial charge in [0.1, 0.15) is 17.9 Å². The Bertz CT molecular complexity index is 2720. The zero-order valence-corrected chi connectivity index (χ0v) is 40.2. The second-order valence-corrected chi connectivity index (χ2v) is 17.7. The zero-order valence-electron chi connectivity index (χ0n) is 37.0. The largest absolute Gasteiger partial charge is 0.494 e. The van der Waals surface area contributed by atoms with Crippen molar-refractivity contribution >= 4 is 84.2 Å². The molecule has 8 aromatic rings. The maximum atomic E-state index is 10.1. The number of hydrogen-bond acceptors (Lipinski definition) is 7. The van der Waals surface area contributed by atoms with Crippen molar-refractivity contribution in [3.8, 4) is 22.8 Å². The summed E-state index contributed by atoms with van der Waals surface area (Å²) in [6.45, 7) is 17.4. The normalized spacial score (nSPS) is 13.6. The first kappa shape index (κ1) is 47.0. The summed E-state index contributed by atoms with van der Waals surface area (Å²) in [4.78, 5) is 19.7. The Morgan fingerprint density at radius 3 is 1.49 bits per heavy atom. The molecule has 0 radical (unpaired) electrons. The van der Waals surface area contributed by atoms with E-state index in [-0.39, 0.29) is 18.3 Å². The van der Waals surface area contributed by atoms with E-state index in [0.717, 1.165) is 85.5 Å². The van der Waals surface area contributed by atoms with E-state index < -0.39 is 0 Å². The Morgan fingerprint density at radius 1 is 0.619 bits per heavy atom. The van der Waals surface area contributed by atoms with Crippen molar-refractivity contribution in [1.82, 2.24) is 19.1 Å². The molecule has 1 fully saturated rings. The predicted molar refractivity (Wildman–Crippen MR) is 270 cm³/mol. The van der Waals surface area contributed by atoms with Gasteiger partial charge in [-0.1, -0.05) is 117 Å². The average molecular weight is 971 g/mol. The van der Waals surface area contributed by atoms with E-state index in [2.05, 4.69) is 173 Å². The van der Waals surface area contributed by atoms with Crippen molar-refractivity contribution in [2.45, 2.75) is 72.8 Å². The summed E-state index contributed by atoms with van der Waals surface area (Å²) >= 11 is 6.72. The number of anilines is 2. The molecule has 9 rings (SSSR count). The number of nitrogens with zero attached hydrogens (tertiary/aromatic N) is 4. The van der Waals surface area contributed by atoms with Gasteiger partial charge < -0.3 is 29.5 Å². The number of fused-ring (bicyclic) bond motifs is 2. The molecule has 0 saturated carbocycles. The third-order valence-electron chi connectivity index (χ3n) is 11.1. The van der Waals surface area contributed by atoms with E-state index in [1.165, 1.54) is 11.0 Å². The van der Waals surface area contributed by atoms with Crippen LogP contribution < -0.4 is 16.5 Å². The van der Waals surface area contributed by atoms with Crippen LogP contribution in [-0.4, -0.2) is 50.3 Å². The molecule has 0 aliphatic carbocycles. The second-order valence-electron chi connectivity index (χ2n) is 15.8. The SMILES string of the molecule is CCNc1ccccc1N.CCn1c(-c2ccc(B3OC(C)(C)C(C)(C)O3)cc2)nc2ccccc21.CCn1c(-c2ccc(Br)cc2)nc2ccccc21.O=Cc1ccc(Br)cc1. The molecule has 9 nitrogen and oxygen atoms in total. The van der Waals surface area contributed by atoms with Gasteiger partial charge in [-0.15, -0.1) is 0 Å². The number of benzene rings is 6. The number of halogens is 2. The van der Waals surface area contributed by atoms with Crippen molar-refractivity contribution in [3.63, 3.8) is 0 Å². The number of nitrogen functional groups attached to an aromatic ring is 1. The number of hydrogen-bond donors (Lipinski definition) is 2. The van der Waals surface area contributed by atoms with Crippen molar-refractivity contribution < 1.29 is 14.1 Å². The summed E-state index contributed by atoms with van der Waals surface area (Å²) in [5, 5.41) is 3.15. The Kier molecular flexibility index (Phi) is 15.8. The van der Waals surface area contributed by atoms with Crippen LogP contribution in [-0.2, 0) is 22.4 Å². The number of aromatic nitrogens is 4. The molecular formula is C51H55BBr2N6O3. The molecule has 1 saturated heterocycles. The monoisotopic (exact) mass is 968 g/mol. The molecule has 1 aliphatic heterocycles. The van der Waals surface area contributed by atoms with Crippen LogP contribution in [0.5, 0.6) is 0 Å². The number of nitrogens with one attached hydrogen (secondary N) is 1. The summed E-state index contributed by atoms with van der Waals surface area (Å²) in [7, 11) is -0.334. The average Bonchev–Trinajstić information content (AvgIpc) is 3.93. The number of imidazole rings is 2. The summed E-state index contributed by atoms with van der Waals surface area (Å²) in [6, 6.07) is 48.1. The number of nitrogens with two attached hydrogens (primary N) is 1. The summed E-state index contributed by atoms with van der Waals surface area (Å²) in [5.74, 6) is 2.03. The molecule has 2 aromatic heterocycles. The van der Waals surface area contributed by atoms with Crippen molar-refractivity contribution in [2.75, 3.05) is 17.6 Å². The van der Waals surface area contributed by atoms with Crippen molar-refractivity contribution in [3.05, 3.63) is 160 Å². The lowest BCUT2D eigenvalue weighted by Crippen LogP contribution is -2.41. The minimum atomic E-state index is -0.334. The fourth-order valence-electron chi connectivity index (χ4n) is 6.99. The number of carbonyl (C=O) groups is 1. The number of aldehydes is 1. The minimum absolute atomic E-state index is 0.327. The Morgan fingerprint density at radius 2 is 1.05 bits per heavy atom. The lowest BCUT2D eigenvalue weighted by molar-refractivity contribution is 0.00578. The quantitative estimate of drug-likeness (QED) is 0.0887. The highest BCUT2D eigenvalue weighted by Crippen LogP contribution is 2.37. The maximum absolute atomic E-state index is 10.1. The van der Waals surface area contributed by atoms with Gasteiger partial charge in [0, 0.05) is 45.3 Å². The Hall–Kier alpha value is -5.53. The molecule has 324 valence electrons. The van der Waals surface area contributed by atoms with Gasteiger partial charge >= 0.3 is 7.12 Å². The van der Waals surface area contributed by atoms with Gasteiger partial charge in [0.05, 0.1) is 44.6 Å². The van der Waals surface area contributed by atoms with Gasteiger partial charge in [0.2, 0.25) is 0 Å². The van der Waals surface area contributed by atoms with E-state index in [0.29, 0.717) is 5.56 Å². The smallest absolute Gasteiger partial charge is 0.399 e. The third-order valence-corrected chi connectivity index (χ3v) is 12.1. The summed E-state index contributed by atoms with van der Waals surface area (Å²) < 4.78 is 18.9. The van der Waals surface area contributed by atoms with Crippen LogP contribution in [0.25, 0.3) is 44.8 Å². The lowest BCUT2D eigenvalue weighted by atomic mass is 9.79. The highest BCUT2D eigenvalue weighted by Gasteiger charge is 2.51. The standard InChI is InChI=1S/C21H25BN2O2.C15H13BrN2.C8H12N2.C7H5BrO/c1-6-24-18-10-8-7-9-17(18)23-19(24)15-11-13-16(14-12-15)22-25-20(2,3)21(4,5)26-22;1-2-18-14-6-4-3-5-13(14)17-15(18)11-7-9-12(16)10-8-11;1-2-10-8-6-4-3-5-7(8)9;8-7-3-1-6(5-9)2-4-7/h7-14H,6H2,1-5H3;3-10H,2H2,1H3;3-6,10H,2,9H2,1H3;1-5H. The Balaban J connectivity index is 0.000000154. The highest BCUT2D eigenvalue weighted by molar-refractivity contribution is 9.10. The van der Waals surface area contributed by atoms with Crippen LogP contribution in [0.1, 0.15) is 58.8 Å². The molecule has 12 heteroatoms. The molecule has 1 aliphatic rings.